The first-order chi connectivity index (χ1) is 9.90. The monoisotopic (exact) mass is 263 g/mol. The molecule has 1 aliphatic heterocycles. The molecule has 3 heteroatoms. The number of hydrogen-bond donors (Lipinski definition) is 1. The van der Waals surface area contributed by atoms with Gasteiger partial charge in [0.2, 0.25) is 6.79 Å². The van der Waals surface area contributed by atoms with Crippen molar-refractivity contribution in [3.63, 3.8) is 0 Å². The third-order valence-corrected chi connectivity index (χ3v) is 3.44. The molecule has 0 bridgehead atoms. The van der Waals surface area contributed by atoms with E-state index < -0.39 is 0 Å². The van der Waals surface area contributed by atoms with Crippen LogP contribution < -0.4 is 14.8 Å². The molecule has 0 spiro atoms. The van der Waals surface area contributed by atoms with E-state index in [0.717, 1.165) is 22.9 Å². The molecule has 0 radical (unpaired) electrons. The lowest BCUT2D eigenvalue weighted by Gasteiger charge is -2.10. The van der Waals surface area contributed by atoms with Crippen molar-refractivity contribution in [3.05, 3.63) is 60.7 Å². The van der Waals surface area contributed by atoms with Crippen molar-refractivity contribution in [2.45, 2.75) is 0 Å². The number of ether oxygens (including phenoxy) is 2. The van der Waals surface area contributed by atoms with Crippen LogP contribution in [0, 0.1) is 0 Å². The van der Waals surface area contributed by atoms with Gasteiger partial charge in [-0.05, 0) is 23.6 Å². The second-order valence-corrected chi connectivity index (χ2v) is 4.72. The lowest BCUT2D eigenvalue weighted by Crippen LogP contribution is -1.93. The van der Waals surface area contributed by atoms with Crippen LogP contribution in [0.15, 0.2) is 60.7 Å². The summed E-state index contributed by atoms with van der Waals surface area (Å²) in [5, 5.41) is 5.86. The van der Waals surface area contributed by atoms with Crippen LogP contribution in [0.25, 0.3) is 10.8 Å². The Morgan fingerprint density at radius 3 is 2.65 bits per heavy atom. The molecule has 1 N–H and O–H groups in total. The van der Waals surface area contributed by atoms with Gasteiger partial charge in [0.25, 0.3) is 0 Å². The van der Waals surface area contributed by atoms with Crippen molar-refractivity contribution in [1.29, 1.82) is 0 Å². The molecule has 3 aromatic carbocycles. The summed E-state index contributed by atoms with van der Waals surface area (Å²) in [6.07, 6.45) is 0. The van der Waals surface area contributed by atoms with Crippen LogP contribution in [-0.2, 0) is 0 Å². The highest BCUT2D eigenvalue weighted by atomic mass is 16.7. The van der Waals surface area contributed by atoms with E-state index in [-0.39, 0.29) is 0 Å². The Morgan fingerprint density at radius 1 is 0.800 bits per heavy atom. The van der Waals surface area contributed by atoms with Crippen LogP contribution in [0.5, 0.6) is 11.5 Å². The molecule has 3 aromatic rings. The first kappa shape index (κ1) is 11.2. The quantitative estimate of drug-likeness (QED) is 0.747. The van der Waals surface area contributed by atoms with Crippen LogP contribution in [0.4, 0.5) is 11.4 Å². The fourth-order valence-electron chi connectivity index (χ4n) is 2.46. The van der Waals surface area contributed by atoms with Gasteiger partial charge in [0.15, 0.2) is 11.5 Å². The first-order valence-corrected chi connectivity index (χ1v) is 6.54. The molecule has 0 amide bonds. The molecular formula is C17H13NO2. The number of hydrogen-bond acceptors (Lipinski definition) is 3. The van der Waals surface area contributed by atoms with E-state index in [4.69, 9.17) is 9.47 Å². The normalized spacial score (nSPS) is 12.6. The Labute approximate surface area is 116 Å². The maximum Gasteiger partial charge on any atom is 0.231 e. The van der Waals surface area contributed by atoms with E-state index in [2.05, 4.69) is 35.6 Å². The third-order valence-electron chi connectivity index (χ3n) is 3.44. The average Bonchev–Trinajstić information content (AvgIpc) is 2.95. The van der Waals surface area contributed by atoms with Gasteiger partial charge in [0.05, 0.1) is 0 Å². The molecular weight excluding hydrogens is 250 g/mol. The molecule has 0 aliphatic carbocycles. The molecule has 1 heterocycles. The zero-order valence-electron chi connectivity index (χ0n) is 10.8. The summed E-state index contributed by atoms with van der Waals surface area (Å²) >= 11 is 0. The van der Waals surface area contributed by atoms with Crippen LogP contribution >= 0.6 is 0 Å². The van der Waals surface area contributed by atoms with E-state index in [0.29, 0.717) is 6.79 Å². The van der Waals surface area contributed by atoms with Gasteiger partial charge in [0, 0.05) is 22.8 Å². The molecule has 98 valence electrons. The summed E-state index contributed by atoms with van der Waals surface area (Å²) in [5.41, 5.74) is 2.08. The number of fused-ring (bicyclic) bond motifs is 2. The summed E-state index contributed by atoms with van der Waals surface area (Å²) in [6.45, 7) is 0.299. The van der Waals surface area contributed by atoms with Gasteiger partial charge in [-0.1, -0.05) is 36.4 Å². The number of rotatable bonds is 2. The van der Waals surface area contributed by atoms with E-state index in [1.54, 1.807) is 0 Å². The second-order valence-electron chi connectivity index (χ2n) is 4.72. The van der Waals surface area contributed by atoms with Gasteiger partial charge in [0.1, 0.15) is 0 Å². The fourth-order valence-corrected chi connectivity index (χ4v) is 2.46. The number of nitrogens with one attached hydrogen (secondary N) is 1. The zero-order valence-corrected chi connectivity index (χ0v) is 10.8. The fraction of sp³-hybridized carbons (Fsp3) is 0.0588. The highest BCUT2D eigenvalue weighted by Gasteiger charge is 2.13. The largest absolute Gasteiger partial charge is 0.454 e. The molecule has 0 saturated heterocycles. The van der Waals surface area contributed by atoms with Crippen LogP contribution in [0.1, 0.15) is 0 Å². The Bertz CT molecular complexity index is 778. The first-order valence-electron chi connectivity index (χ1n) is 6.54. The van der Waals surface area contributed by atoms with Crippen molar-refractivity contribution >= 4 is 22.1 Å². The lowest BCUT2D eigenvalue weighted by molar-refractivity contribution is 0.174. The lowest BCUT2D eigenvalue weighted by atomic mass is 10.1. The van der Waals surface area contributed by atoms with Crippen molar-refractivity contribution in [2.75, 3.05) is 12.1 Å². The topological polar surface area (TPSA) is 30.5 Å². The van der Waals surface area contributed by atoms with Gasteiger partial charge < -0.3 is 14.8 Å². The highest BCUT2D eigenvalue weighted by molar-refractivity contribution is 5.95. The number of benzene rings is 3. The van der Waals surface area contributed by atoms with Crippen molar-refractivity contribution in [1.82, 2.24) is 0 Å². The second kappa shape index (κ2) is 4.46. The summed E-state index contributed by atoms with van der Waals surface area (Å²) < 4.78 is 10.7. The Kier molecular flexibility index (Phi) is 2.49. The minimum absolute atomic E-state index is 0.299. The highest BCUT2D eigenvalue weighted by Crippen LogP contribution is 2.36. The predicted octanol–water partition coefficient (Wildman–Crippen LogP) is 4.31. The molecule has 3 nitrogen and oxygen atoms in total. The Hall–Kier alpha value is -2.68. The van der Waals surface area contributed by atoms with Gasteiger partial charge >= 0.3 is 0 Å². The van der Waals surface area contributed by atoms with Gasteiger partial charge in [-0.25, -0.2) is 0 Å². The maximum atomic E-state index is 5.40. The van der Waals surface area contributed by atoms with E-state index in [1.165, 1.54) is 10.8 Å². The smallest absolute Gasteiger partial charge is 0.231 e. The molecule has 1 aliphatic rings. The van der Waals surface area contributed by atoms with Gasteiger partial charge in [-0.15, -0.1) is 0 Å². The van der Waals surface area contributed by atoms with Crippen molar-refractivity contribution in [3.8, 4) is 11.5 Å². The SMILES string of the molecule is c1ccc2c(Nc3ccc4c(c3)OCO4)cccc2c1. The van der Waals surface area contributed by atoms with Gasteiger partial charge in [-0.3, -0.25) is 0 Å². The van der Waals surface area contributed by atoms with Crippen molar-refractivity contribution in [2.24, 2.45) is 0 Å². The minimum Gasteiger partial charge on any atom is -0.454 e. The number of anilines is 2. The van der Waals surface area contributed by atoms with E-state index >= 15 is 0 Å². The molecule has 0 atom stereocenters. The average molecular weight is 263 g/mol. The molecule has 20 heavy (non-hydrogen) atoms. The van der Waals surface area contributed by atoms with Crippen LogP contribution in [0.3, 0.4) is 0 Å². The van der Waals surface area contributed by atoms with Crippen LogP contribution in [0.2, 0.25) is 0 Å². The summed E-state index contributed by atoms with van der Waals surface area (Å²) in [6, 6.07) is 20.4. The minimum atomic E-state index is 0.299. The molecule has 0 aromatic heterocycles. The molecule has 0 fully saturated rings. The zero-order chi connectivity index (χ0) is 13.4. The van der Waals surface area contributed by atoms with E-state index in [1.807, 2.05) is 30.3 Å². The van der Waals surface area contributed by atoms with Crippen molar-refractivity contribution < 1.29 is 9.47 Å². The van der Waals surface area contributed by atoms with Gasteiger partial charge in [-0.2, -0.15) is 0 Å². The summed E-state index contributed by atoms with van der Waals surface area (Å²) in [7, 11) is 0. The molecule has 0 unspecified atom stereocenters. The molecule has 0 saturated carbocycles. The maximum absolute atomic E-state index is 5.40. The van der Waals surface area contributed by atoms with Crippen LogP contribution in [-0.4, -0.2) is 6.79 Å². The Balaban J connectivity index is 1.74. The molecule has 4 rings (SSSR count). The predicted molar refractivity (Wildman–Crippen MR) is 79.8 cm³/mol. The summed E-state index contributed by atoms with van der Waals surface area (Å²) in [4.78, 5) is 0. The Morgan fingerprint density at radius 2 is 1.65 bits per heavy atom. The summed E-state index contributed by atoms with van der Waals surface area (Å²) in [5.74, 6) is 1.59. The third kappa shape index (κ3) is 1.84. The van der Waals surface area contributed by atoms with E-state index in [9.17, 15) is 0 Å². The standard InChI is InChI=1S/C17H13NO2/c1-2-6-14-12(4-1)5-3-7-15(14)18-13-8-9-16-17(10-13)20-11-19-16/h1-10,18H,11H2.